The molecule has 1 saturated heterocycles. The SMILES string of the molecule is CC(C)(C)OC(=O)N1C[C@@](/C=C(/Br)c2ccccc2)(C(N)=O)C[C@H]1C(N)=O. The highest BCUT2D eigenvalue weighted by Crippen LogP contribution is 2.40. The van der Waals surface area contributed by atoms with E-state index < -0.39 is 35.0 Å². The van der Waals surface area contributed by atoms with Crippen LogP contribution in [0.5, 0.6) is 0 Å². The van der Waals surface area contributed by atoms with Crippen LogP contribution in [0.1, 0.15) is 32.8 Å². The van der Waals surface area contributed by atoms with E-state index in [1.807, 2.05) is 30.3 Å². The number of carbonyl (C=O) groups excluding carboxylic acids is 3. The molecule has 7 nitrogen and oxygen atoms in total. The molecule has 1 aromatic carbocycles. The third-order valence-electron chi connectivity index (χ3n) is 4.29. The normalized spacial score (nSPS) is 23.2. The Bertz CT molecular complexity index is 773. The molecule has 1 aromatic rings. The predicted octanol–water partition coefficient (Wildman–Crippen LogP) is 2.39. The second-order valence-electron chi connectivity index (χ2n) is 7.61. The Morgan fingerprint density at radius 2 is 1.81 bits per heavy atom. The van der Waals surface area contributed by atoms with Crippen molar-refractivity contribution < 1.29 is 19.1 Å². The van der Waals surface area contributed by atoms with E-state index in [-0.39, 0.29) is 13.0 Å². The van der Waals surface area contributed by atoms with E-state index in [4.69, 9.17) is 16.2 Å². The molecule has 4 N–H and O–H groups in total. The summed E-state index contributed by atoms with van der Waals surface area (Å²) in [5.74, 6) is -1.36. The molecule has 0 bridgehead atoms. The van der Waals surface area contributed by atoms with E-state index in [1.54, 1.807) is 26.8 Å². The van der Waals surface area contributed by atoms with E-state index in [1.165, 1.54) is 4.90 Å². The van der Waals surface area contributed by atoms with Crippen molar-refractivity contribution >= 4 is 38.3 Å². The van der Waals surface area contributed by atoms with Crippen molar-refractivity contribution in [1.82, 2.24) is 4.90 Å². The molecule has 0 saturated carbocycles. The molecule has 1 aliphatic rings. The maximum atomic E-state index is 12.6. The van der Waals surface area contributed by atoms with Crippen LogP contribution in [0.4, 0.5) is 4.79 Å². The first kappa shape index (κ1) is 21.0. The molecular weight excluding hydrogens is 414 g/mol. The highest BCUT2D eigenvalue weighted by molar-refractivity contribution is 9.15. The smallest absolute Gasteiger partial charge is 0.411 e. The number of primary amides is 2. The number of ether oxygens (including phenoxy) is 1. The Balaban J connectivity index is 2.41. The van der Waals surface area contributed by atoms with E-state index >= 15 is 0 Å². The van der Waals surface area contributed by atoms with Gasteiger partial charge in [-0.2, -0.15) is 0 Å². The lowest BCUT2D eigenvalue weighted by atomic mass is 9.83. The summed E-state index contributed by atoms with van der Waals surface area (Å²) >= 11 is 3.46. The maximum absolute atomic E-state index is 12.6. The monoisotopic (exact) mass is 437 g/mol. The first-order chi connectivity index (χ1) is 12.4. The van der Waals surface area contributed by atoms with Gasteiger partial charge in [0.25, 0.3) is 0 Å². The van der Waals surface area contributed by atoms with Crippen molar-refractivity contribution in [1.29, 1.82) is 0 Å². The van der Waals surface area contributed by atoms with E-state index in [0.29, 0.717) is 4.48 Å². The van der Waals surface area contributed by atoms with Crippen LogP contribution >= 0.6 is 15.9 Å². The zero-order chi connectivity index (χ0) is 20.4. The number of hydrogen-bond acceptors (Lipinski definition) is 4. The van der Waals surface area contributed by atoms with Crippen LogP contribution in [0.3, 0.4) is 0 Å². The minimum absolute atomic E-state index is 0.00115. The third kappa shape index (κ3) is 4.88. The Labute approximate surface area is 166 Å². The van der Waals surface area contributed by atoms with Gasteiger partial charge in [-0.05, 0) is 32.8 Å². The summed E-state index contributed by atoms with van der Waals surface area (Å²) in [6.07, 6.45) is 0.933. The zero-order valence-electron chi connectivity index (χ0n) is 15.6. The number of likely N-dealkylation sites (tertiary alicyclic amines) is 1. The number of rotatable bonds is 4. The van der Waals surface area contributed by atoms with Gasteiger partial charge in [0.05, 0.1) is 5.41 Å². The molecule has 1 fully saturated rings. The predicted molar refractivity (Wildman–Crippen MR) is 106 cm³/mol. The van der Waals surface area contributed by atoms with Crippen molar-refractivity contribution in [3.8, 4) is 0 Å². The van der Waals surface area contributed by atoms with Gasteiger partial charge in [0, 0.05) is 11.0 Å². The molecule has 0 spiro atoms. The fourth-order valence-corrected chi connectivity index (χ4v) is 3.68. The van der Waals surface area contributed by atoms with E-state index in [0.717, 1.165) is 5.56 Å². The number of halogens is 1. The highest BCUT2D eigenvalue weighted by atomic mass is 79.9. The summed E-state index contributed by atoms with van der Waals surface area (Å²) < 4.78 is 5.99. The third-order valence-corrected chi connectivity index (χ3v) is 4.97. The highest BCUT2D eigenvalue weighted by Gasteiger charge is 2.51. The lowest BCUT2D eigenvalue weighted by molar-refractivity contribution is -0.124. The quantitative estimate of drug-likeness (QED) is 0.751. The van der Waals surface area contributed by atoms with Gasteiger partial charge in [-0.15, -0.1) is 0 Å². The molecule has 1 aliphatic heterocycles. The van der Waals surface area contributed by atoms with Crippen LogP contribution in [-0.4, -0.2) is 41.0 Å². The summed E-state index contributed by atoms with van der Waals surface area (Å²) in [7, 11) is 0. The second-order valence-corrected chi connectivity index (χ2v) is 8.46. The van der Waals surface area contributed by atoms with Crippen LogP contribution < -0.4 is 11.5 Å². The molecule has 27 heavy (non-hydrogen) atoms. The van der Waals surface area contributed by atoms with Gasteiger partial charge in [-0.3, -0.25) is 14.5 Å². The van der Waals surface area contributed by atoms with E-state index in [9.17, 15) is 14.4 Å². The van der Waals surface area contributed by atoms with Gasteiger partial charge in [0.15, 0.2) is 0 Å². The maximum Gasteiger partial charge on any atom is 0.411 e. The second kappa shape index (κ2) is 7.72. The minimum atomic E-state index is -1.24. The van der Waals surface area contributed by atoms with Gasteiger partial charge >= 0.3 is 6.09 Å². The summed E-state index contributed by atoms with van der Waals surface area (Å²) in [6, 6.07) is 8.32. The van der Waals surface area contributed by atoms with Crippen molar-refractivity contribution in [3.63, 3.8) is 0 Å². The van der Waals surface area contributed by atoms with Crippen LogP contribution in [-0.2, 0) is 14.3 Å². The number of amides is 3. The molecule has 2 atom stereocenters. The van der Waals surface area contributed by atoms with Crippen molar-refractivity contribution in [3.05, 3.63) is 42.0 Å². The lowest BCUT2D eigenvalue weighted by Crippen LogP contribution is -2.46. The number of benzene rings is 1. The Kier molecular flexibility index (Phi) is 5.99. The molecule has 1 heterocycles. The fourth-order valence-electron chi connectivity index (χ4n) is 2.98. The summed E-state index contributed by atoms with van der Waals surface area (Å²) in [4.78, 5) is 38.0. The fraction of sp³-hybridized carbons (Fsp3) is 0.421. The Morgan fingerprint density at radius 1 is 1.22 bits per heavy atom. The molecule has 3 amide bonds. The van der Waals surface area contributed by atoms with Crippen LogP contribution in [0, 0.1) is 5.41 Å². The molecule has 0 radical (unpaired) electrons. The summed E-state index contributed by atoms with van der Waals surface area (Å²) in [6.45, 7) is 5.06. The number of carbonyl (C=O) groups is 3. The molecule has 0 aliphatic carbocycles. The van der Waals surface area contributed by atoms with Gasteiger partial charge in [-0.1, -0.05) is 52.3 Å². The van der Waals surface area contributed by atoms with Gasteiger partial charge in [-0.25, -0.2) is 4.79 Å². The molecule has 0 unspecified atom stereocenters. The number of hydrogen-bond donors (Lipinski definition) is 2. The van der Waals surface area contributed by atoms with Crippen LogP contribution in [0.15, 0.2) is 36.4 Å². The average Bonchev–Trinajstić information content (AvgIpc) is 2.95. The number of nitrogens with zero attached hydrogens (tertiary/aromatic N) is 1. The molecule has 146 valence electrons. The minimum Gasteiger partial charge on any atom is -0.444 e. The lowest BCUT2D eigenvalue weighted by Gasteiger charge is -2.27. The van der Waals surface area contributed by atoms with Crippen molar-refractivity contribution in [2.75, 3.05) is 6.54 Å². The molecule has 2 rings (SSSR count). The average molecular weight is 438 g/mol. The first-order valence-corrected chi connectivity index (χ1v) is 9.27. The standard InChI is InChI=1S/C19H24BrN3O4/c1-18(2,3)27-17(26)23-11-19(16(22)25,10-14(23)15(21)24)9-13(20)12-7-5-4-6-8-12/h4-9,14H,10-11H2,1-3H3,(H2,21,24)(H2,22,25)/b13-9+/t14-,19-/m0/s1. The van der Waals surface area contributed by atoms with Gasteiger partial charge < -0.3 is 16.2 Å². The molecule has 8 heteroatoms. The van der Waals surface area contributed by atoms with Crippen LogP contribution in [0.25, 0.3) is 4.48 Å². The topological polar surface area (TPSA) is 116 Å². The van der Waals surface area contributed by atoms with Crippen molar-refractivity contribution in [2.45, 2.75) is 38.8 Å². The Morgan fingerprint density at radius 3 is 2.30 bits per heavy atom. The summed E-state index contributed by atoms with van der Waals surface area (Å²) in [5.41, 5.74) is 10.00. The van der Waals surface area contributed by atoms with Crippen LogP contribution in [0.2, 0.25) is 0 Å². The van der Waals surface area contributed by atoms with Gasteiger partial charge in [0.2, 0.25) is 11.8 Å². The molecular formula is C19H24BrN3O4. The number of nitrogens with two attached hydrogens (primary N) is 2. The molecule has 0 aromatic heterocycles. The van der Waals surface area contributed by atoms with Crippen molar-refractivity contribution in [2.24, 2.45) is 16.9 Å². The zero-order valence-corrected chi connectivity index (χ0v) is 17.2. The summed E-state index contributed by atoms with van der Waals surface area (Å²) in [5, 5.41) is 0. The van der Waals surface area contributed by atoms with E-state index in [2.05, 4.69) is 15.9 Å². The van der Waals surface area contributed by atoms with Gasteiger partial charge in [0.1, 0.15) is 11.6 Å². The first-order valence-electron chi connectivity index (χ1n) is 8.48. The largest absolute Gasteiger partial charge is 0.444 e. The Hall–Kier alpha value is -2.35.